The monoisotopic (exact) mass is 230 g/mol. The predicted octanol–water partition coefficient (Wildman–Crippen LogP) is 1.56. The number of benzene rings is 1. The van der Waals surface area contributed by atoms with E-state index in [1.54, 1.807) is 17.8 Å². The van der Waals surface area contributed by atoms with E-state index in [9.17, 15) is 4.79 Å². The molecule has 0 atom stereocenters. The zero-order chi connectivity index (χ0) is 12.4. The summed E-state index contributed by atoms with van der Waals surface area (Å²) in [4.78, 5) is 15.8. The van der Waals surface area contributed by atoms with Crippen LogP contribution >= 0.6 is 0 Å². The molecule has 3 N–H and O–H groups in total. The van der Waals surface area contributed by atoms with E-state index in [1.165, 1.54) is 0 Å². The number of hydrogen-bond donors (Lipinski definition) is 2. The van der Waals surface area contributed by atoms with Gasteiger partial charge in [0.15, 0.2) is 0 Å². The number of nitrogens with one attached hydrogen (secondary N) is 1. The molecule has 1 heterocycles. The second-order valence-corrected chi connectivity index (χ2v) is 3.92. The standard InChI is InChI=1S/C12H14N4O/c1-8-3-5-9(6-4-8)14-12(17)11-15-10(13)7-16(11)2/h3-7H,13H2,1-2H3,(H,14,17). The van der Waals surface area contributed by atoms with Crippen LogP contribution in [0.4, 0.5) is 11.5 Å². The van der Waals surface area contributed by atoms with Gasteiger partial charge >= 0.3 is 0 Å². The van der Waals surface area contributed by atoms with Crippen molar-refractivity contribution in [3.05, 3.63) is 41.9 Å². The molecule has 88 valence electrons. The van der Waals surface area contributed by atoms with Crippen molar-refractivity contribution in [3.8, 4) is 0 Å². The molecule has 0 aliphatic heterocycles. The van der Waals surface area contributed by atoms with Crippen LogP contribution in [0.1, 0.15) is 16.2 Å². The number of rotatable bonds is 2. The zero-order valence-electron chi connectivity index (χ0n) is 9.77. The lowest BCUT2D eigenvalue weighted by Crippen LogP contribution is -2.16. The van der Waals surface area contributed by atoms with E-state index in [4.69, 9.17) is 5.73 Å². The molecular weight excluding hydrogens is 216 g/mol. The van der Waals surface area contributed by atoms with E-state index in [2.05, 4.69) is 10.3 Å². The molecule has 1 amide bonds. The van der Waals surface area contributed by atoms with Gasteiger partial charge in [0.05, 0.1) is 0 Å². The summed E-state index contributed by atoms with van der Waals surface area (Å²) in [6, 6.07) is 7.56. The van der Waals surface area contributed by atoms with Crippen LogP contribution in [0, 0.1) is 6.92 Å². The van der Waals surface area contributed by atoms with Gasteiger partial charge in [-0.15, -0.1) is 0 Å². The molecule has 0 aliphatic carbocycles. The Bertz CT molecular complexity index is 542. The average Bonchev–Trinajstić information content (AvgIpc) is 2.61. The third kappa shape index (κ3) is 2.44. The number of anilines is 2. The maximum absolute atomic E-state index is 11.9. The lowest BCUT2D eigenvalue weighted by Gasteiger charge is -2.04. The SMILES string of the molecule is Cc1ccc(NC(=O)c2nc(N)cn2C)cc1. The second-order valence-electron chi connectivity index (χ2n) is 3.92. The molecule has 0 fully saturated rings. The van der Waals surface area contributed by atoms with E-state index in [1.807, 2.05) is 31.2 Å². The van der Waals surface area contributed by atoms with Gasteiger partial charge in [-0.25, -0.2) is 4.98 Å². The number of nitrogens with zero attached hydrogens (tertiary/aromatic N) is 2. The summed E-state index contributed by atoms with van der Waals surface area (Å²) in [5.41, 5.74) is 7.40. The summed E-state index contributed by atoms with van der Waals surface area (Å²) in [6.45, 7) is 1.99. The molecule has 0 aliphatic rings. The second kappa shape index (κ2) is 4.29. The van der Waals surface area contributed by atoms with Crippen LogP contribution in [0.5, 0.6) is 0 Å². The molecule has 0 radical (unpaired) electrons. The van der Waals surface area contributed by atoms with Crippen LogP contribution < -0.4 is 11.1 Å². The molecule has 5 nitrogen and oxygen atoms in total. The van der Waals surface area contributed by atoms with Crippen molar-refractivity contribution in [1.29, 1.82) is 0 Å². The van der Waals surface area contributed by atoms with E-state index in [-0.39, 0.29) is 5.91 Å². The maximum atomic E-state index is 11.9. The van der Waals surface area contributed by atoms with E-state index in [0.717, 1.165) is 11.3 Å². The van der Waals surface area contributed by atoms with Gasteiger partial charge in [-0.1, -0.05) is 17.7 Å². The Morgan fingerprint density at radius 1 is 1.35 bits per heavy atom. The van der Waals surface area contributed by atoms with Crippen LogP contribution in [-0.4, -0.2) is 15.5 Å². The Balaban J connectivity index is 2.17. The van der Waals surface area contributed by atoms with Gasteiger partial charge in [0.25, 0.3) is 5.91 Å². The first-order valence-corrected chi connectivity index (χ1v) is 5.23. The van der Waals surface area contributed by atoms with Crippen molar-refractivity contribution in [2.45, 2.75) is 6.92 Å². The third-order valence-corrected chi connectivity index (χ3v) is 2.41. The maximum Gasteiger partial charge on any atom is 0.291 e. The molecule has 1 aromatic carbocycles. The summed E-state index contributed by atoms with van der Waals surface area (Å²) >= 11 is 0. The Morgan fingerprint density at radius 3 is 2.53 bits per heavy atom. The van der Waals surface area contributed by atoms with Gasteiger partial charge in [-0.2, -0.15) is 0 Å². The van der Waals surface area contributed by atoms with Gasteiger partial charge in [0, 0.05) is 18.9 Å². The first kappa shape index (κ1) is 11.2. The van der Waals surface area contributed by atoms with Crippen molar-refractivity contribution >= 4 is 17.4 Å². The van der Waals surface area contributed by atoms with Crippen LogP contribution in [0.2, 0.25) is 0 Å². The van der Waals surface area contributed by atoms with Crippen molar-refractivity contribution in [3.63, 3.8) is 0 Å². The van der Waals surface area contributed by atoms with E-state index < -0.39 is 0 Å². The molecular formula is C12H14N4O. The highest BCUT2D eigenvalue weighted by Crippen LogP contribution is 2.11. The summed E-state index contributed by atoms with van der Waals surface area (Å²) in [5, 5.41) is 2.76. The van der Waals surface area contributed by atoms with Crippen molar-refractivity contribution in [2.75, 3.05) is 11.1 Å². The number of aromatic nitrogens is 2. The number of hydrogen-bond acceptors (Lipinski definition) is 3. The number of nitrogens with two attached hydrogens (primary N) is 1. The normalized spacial score (nSPS) is 10.2. The summed E-state index contributed by atoms with van der Waals surface area (Å²) < 4.78 is 1.60. The van der Waals surface area contributed by atoms with E-state index >= 15 is 0 Å². The zero-order valence-corrected chi connectivity index (χ0v) is 9.77. The Labute approximate surface area is 99.3 Å². The molecule has 0 spiro atoms. The smallest absolute Gasteiger partial charge is 0.291 e. The highest BCUT2D eigenvalue weighted by molar-refractivity contribution is 6.02. The molecule has 2 aromatic rings. The molecule has 1 aromatic heterocycles. The van der Waals surface area contributed by atoms with Gasteiger partial charge < -0.3 is 15.6 Å². The van der Waals surface area contributed by atoms with Gasteiger partial charge in [-0.05, 0) is 19.1 Å². The Hall–Kier alpha value is -2.30. The van der Waals surface area contributed by atoms with Crippen molar-refractivity contribution in [2.24, 2.45) is 7.05 Å². The number of amides is 1. The minimum absolute atomic E-state index is 0.270. The van der Waals surface area contributed by atoms with Gasteiger partial charge in [0.1, 0.15) is 5.82 Å². The summed E-state index contributed by atoms with van der Waals surface area (Å²) in [6.07, 6.45) is 1.60. The molecule has 0 saturated heterocycles. The molecule has 17 heavy (non-hydrogen) atoms. The van der Waals surface area contributed by atoms with Crippen molar-refractivity contribution in [1.82, 2.24) is 9.55 Å². The largest absolute Gasteiger partial charge is 0.382 e. The predicted molar refractivity (Wildman–Crippen MR) is 66.8 cm³/mol. The lowest BCUT2D eigenvalue weighted by atomic mass is 10.2. The fourth-order valence-corrected chi connectivity index (χ4v) is 1.52. The first-order chi connectivity index (χ1) is 8.06. The average molecular weight is 230 g/mol. The topological polar surface area (TPSA) is 72.9 Å². The first-order valence-electron chi connectivity index (χ1n) is 5.23. The van der Waals surface area contributed by atoms with Crippen LogP contribution in [0.15, 0.2) is 30.5 Å². The van der Waals surface area contributed by atoms with Crippen LogP contribution in [-0.2, 0) is 7.05 Å². The third-order valence-electron chi connectivity index (χ3n) is 2.41. The highest BCUT2D eigenvalue weighted by Gasteiger charge is 2.12. The summed E-state index contributed by atoms with van der Waals surface area (Å²) in [7, 11) is 1.73. The van der Waals surface area contributed by atoms with E-state index in [0.29, 0.717) is 11.6 Å². The fraction of sp³-hybridized carbons (Fsp3) is 0.167. The highest BCUT2D eigenvalue weighted by atomic mass is 16.2. The van der Waals surface area contributed by atoms with Gasteiger partial charge in [0.2, 0.25) is 5.82 Å². The fourth-order valence-electron chi connectivity index (χ4n) is 1.52. The van der Waals surface area contributed by atoms with Crippen LogP contribution in [0.25, 0.3) is 0 Å². The molecule has 0 saturated carbocycles. The molecule has 2 rings (SSSR count). The Kier molecular flexibility index (Phi) is 2.82. The Morgan fingerprint density at radius 2 is 2.00 bits per heavy atom. The minimum Gasteiger partial charge on any atom is -0.382 e. The van der Waals surface area contributed by atoms with Gasteiger partial charge in [-0.3, -0.25) is 4.79 Å². The lowest BCUT2D eigenvalue weighted by molar-refractivity contribution is 0.101. The number of imidazole rings is 1. The molecule has 0 bridgehead atoms. The summed E-state index contributed by atoms with van der Waals surface area (Å²) in [5.74, 6) is 0.359. The minimum atomic E-state index is -0.270. The molecule has 0 unspecified atom stereocenters. The number of carbonyl (C=O) groups excluding carboxylic acids is 1. The van der Waals surface area contributed by atoms with Crippen molar-refractivity contribution < 1.29 is 4.79 Å². The number of aryl methyl sites for hydroxylation is 2. The molecule has 5 heteroatoms. The van der Waals surface area contributed by atoms with Crippen LogP contribution in [0.3, 0.4) is 0 Å². The number of carbonyl (C=O) groups is 1. The quantitative estimate of drug-likeness (QED) is 0.822. The number of nitrogen functional groups attached to an aromatic ring is 1.